The van der Waals surface area contributed by atoms with E-state index in [0.717, 1.165) is 6.54 Å². The topological polar surface area (TPSA) is 12.0 Å². The van der Waals surface area contributed by atoms with E-state index in [-0.39, 0.29) is 0 Å². The molecule has 14 heavy (non-hydrogen) atoms. The second-order valence-corrected chi connectivity index (χ2v) is 4.90. The van der Waals surface area contributed by atoms with E-state index in [0.29, 0.717) is 5.41 Å². The summed E-state index contributed by atoms with van der Waals surface area (Å²) >= 11 is 0. The number of hydrogen-bond donors (Lipinski definition) is 1. The molecule has 1 N–H and O–H groups in total. The van der Waals surface area contributed by atoms with Gasteiger partial charge in [0.05, 0.1) is 0 Å². The second kappa shape index (κ2) is 2.83. The Labute approximate surface area is 85.5 Å². The third kappa shape index (κ3) is 1.05. The Hall–Kier alpha value is -0.820. The molecular weight excluding hydrogens is 170 g/mol. The van der Waals surface area contributed by atoms with Gasteiger partial charge < -0.3 is 5.32 Å². The molecule has 0 unspecified atom stereocenters. The smallest absolute Gasteiger partial charge is 0.0208 e. The largest absolute Gasteiger partial charge is 0.312 e. The quantitative estimate of drug-likeness (QED) is 0.658. The highest BCUT2D eigenvalue weighted by molar-refractivity contribution is 5.41. The molecule has 0 radical (unpaired) electrons. The highest BCUT2D eigenvalue weighted by Gasteiger charge is 2.41. The third-order valence-corrected chi connectivity index (χ3v) is 3.92. The average molecular weight is 187 g/mol. The number of benzene rings is 1. The predicted molar refractivity (Wildman–Crippen MR) is 58.4 cm³/mol. The van der Waals surface area contributed by atoms with E-state index in [4.69, 9.17) is 0 Å². The molecule has 1 heterocycles. The summed E-state index contributed by atoms with van der Waals surface area (Å²) in [5.74, 6) is 0. The lowest BCUT2D eigenvalue weighted by molar-refractivity contribution is 0.219. The van der Waals surface area contributed by atoms with Crippen LogP contribution < -0.4 is 5.32 Å². The molecule has 74 valence electrons. The van der Waals surface area contributed by atoms with Gasteiger partial charge in [-0.15, -0.1) is 0 Å². The van der Waals surface area contributed by atoms with E-state index in [1.807, 2.05) is 0 Å². The molecule has 1 heteroatoms. The summed E-state index contributed by atoms with van der Waals surface area (Å²) in [5, 5.41) is 3.56. The first-order chi connectivity index (χ1) is 6.80. The Kier molecular flexibility index (Phi) is 1.72. The summed E-state index contributed by atoms with van der Waals surface area (Å²) < 4.78 is 0. The number of aryl methyl sites for hydroxylation is 1. The fourth-order valence-electron chi connectivity index (χ4n) is 2.97. The van der Waals surface area contributed by atoms with Crippen molar-refractivity contribution >= 4 is 0 Å². The Morgan fingerprint density at radius 3 is 2.86 bits per heavy atom. The van der Waals surface area contributed by atoms with Crippen LogP contribution in [0.1, 0.15) is 36.0 Å². The summed E-state index contributed by atoms with van der Waals surface area (Å²) in [6, 6.07) is 6.98. The molecule has 0 saturated heterocycles. The van der Waals surface area contributed by atoms with Crippen LogP contribution in [0.3, 0.4) is 0 Å². The SMILES string of the molecule is Cc1ccc2c(c1)CNCC21CCC1. The number of fused-ring (bicyclic) bond motifs is 2. The zero-order chi connectivity index (χ0) is 9.60. The molecule has 1 aromatic carbocycles. The maximum atomic E-state index is 3.56. The fourth-order valence-corrected chi connectivity index (χ4v) is 2.97. The first kappa shape index (κ1) is 8.49. The van der Waals surface area contributed by atoms with Gasteiger partial charge in [-0.05, 0) is 30.9 Å². The molecule has 1 spiro atoms. The van der Waals surface area contributed by atoms with Crippen molar-refractivity contribution in [1.82, 2.24) is 5.32 Å². The molecule has 0 bridgehead atoms. The molecule has 1 aromatic rings. The normalized spacial score (nSPS) is 22.9. The van der Waals surface area contributed by atoms with Gasteiger partial charge in [-0.2, -0.15) is 0 Å². The van der Waals surface area contributed by atoms with Gasteiger partial charge >= 0.3 is 0 Å². The minimum atomic E-state index is 0.515. The highest BCUT2D eigenvalue weighted by atomic mass is 14.9. The minimum absolute atomic E-state index is 0.515. The minimum Gasteiger partial charge on any atom is -0.312 e. The first-order valence-corrected chi connectivity index (χ1v) is 5.61. The Bertz CT molecular complexity index is 363. The van der Waals surface area contributed by atoms with E-state index in [2.05, 4.69) is 30.4 Å². The molecule has 0 amide bonds. The van der Waals surface area contributed by atoms with Gasteiger partial charge in [0.2, 0.25) is 0 Å². The van der Waals surface area contributed by atoms with Crippen LogP contribution in [-0.4, -0.2) is 6.54 Å². The van der Waals surface area contributed by atoms with Crippen LogP contribution in [0.5, 0.6) is 0 Å². The van der Waals surface area contributed by atoms with Crippen LogP contribution in [0.4, 0.5) is 0 Å². The zero-order valence-electron chi connectivity index (χ0n) is 8.77. The summed E-state index contributed by atoms with van der Waals surface area (Å²) in [5.41, 5.74) is 5.08. The van der Waals surface area contributed by atoms with Crippen molar-refractivity contribution in [3.63, 3.8) is 0 Å². The highest BCUT2D eigenvalue weighted by Crippen LogP contribution is 2.46. The lowest BCUT2D eigenvalue weighted by Gasteiger charge is -2.46. The molecule has 1 nitrogen and oxygen atoms in total. The van der Waals surface area contributed by atoms with Gasteiger partial charge in [-0.25, -0.2) is 0 Å². The summed E-state index contributed by atoms with van der Waals surface area (Å²) in [6.45, 7) is 4.45. The van der Waals surface area contributed by atoms with E-state index < -0.39 is 0 Å². The van der Waals surface area contributed by atoms with Crippen LogP contribution in [0.2, 0.25) is 0 Å². The summed E-state index contributed by atoms with van der Waals surface area (Å²) in [4.78, 5) is 0. The number of hydrogen-bond acceptors (Lipinski definition) is 1. The lowest BCUT2D eigenvalue weighted by atomic mass is 9.62. The molecule has 0 aromatic heterocycles. The predicted octanol–water partition coefficient (Wildman–Crippen LogP) is 2.52. The number of nitrogens with one attached hydrogen (secondary N) is 1. The molecule has 1 fully saturated rings. The lowest BCUT2D eigenvalue weighted by Crippen LogP contribution is -2.47. The van der Waals surface area contributed by atoms with Crippen molar-refractivity contribution in [3.8, 4) is 0 Å². The van der Waals surface area contributed by atoms with Crippen molar-refractivity contribution < 1.29 is 0 Å². The molecule has 1 aliphatic carbocycles. The third-order valence-electron chi connectivity index (χ3n) is 3.92. The van der Waals surface area contributed by atoms with Crippen molar-refractivity contribution in [2.45, 2.75) is 38.1 Å². The van der Waals surface area contributed by atoms with E-state index >= 15 is 0 Å². The van der Waals surface area contributed by atoms with Gasteiger partial charge in [0.25, 0.3) is 0 Å². The molecule has 0 atom stereocenters. The van der Waals surface area contributed by atoms with E-state index in [1.54, 1.807) is 5.56 Å². The van der Waals surface area contributed by atoms with Gasteiger partial charge in [-0.3, -0.25) is 0 Å². The zero-order valence-corrected chi connectivity index (χ0v) is 8.77. The van der Waals surface area contributed by atoms with Crippen molar-refractivity contribution in [1.29, 1.82) is 0 Å². The van der Waals surface area contributed by atoms with E-state index in [1.165, 1.54) is 36.9 Å². The maximum absolute atomic E-state index is 3.56. The van der Waals surface area contributed by atoms with E-state index in [9.17, 15) is 0 Å². The molecule has 1 saturated carbocycles. The second-order valence-electron chi connectivity index (χ2n) is 4.90. The molecule has 2 aliphatic rings. The average Bonchev–Trinajstić information content (AvgIpc) is 2.13. The van der Waals surface area contributed by atoms with Crippen LogP contribution >= 0.6 is 0 Å². The van der Waals surface area contributed by atoms with Crippen LogP contribution in [0, 0.1) is 6.92 Å². The van der Waals surface area contributed by atoms with Gasteiger partial charge in [0, 0.05) is 18.5 Å². The Balaban J connectivity index is 2.10. The summed E-state index contributed by atoms with van der Waals surface area (Å²) in [6.07, 6.45) is 4.18. The maximum Gasteiger partial charge on any atom is 0.0208 e. The Morgan fingerprint density at radius 1 is 1.29 bits per heavy atom. The van der Waals surface area contributed by atoms with Crippen molar-refractivity contribution in [2.75, 3.05) is 6.54 Å². The Morgan fingerprint density at radius 2 is 2.14 bits per heavy atom. The van der Waals surface area contributed by atoms with Gasteiger partial charge in [0.15, 0.2) is 0 Å². The molecular formula is C13H17N. The van der Waals surface area contributed by atoms with Crippen molar-refractivity contribution in [3.05, 3.63) is 34.9 Å². The number of rotatable bonds is 0. The van der Waals surface area contributed by atoms with Crippen molar-refractivity contribution in [2.24, 2.45) is 0 Å². The molecule has 3 rings (SSSR count). The van der Waals surface area contributed by atoms with Crippen LogP contribution in [-0.2, 0) is 12.0 Å². The van der Waals surface area contributed by atoms with Crippen LogP contribution in [0.25, 0.3) is 0 Å². The first-order valence-electron chi connectivity index (χ1n) is 5.61. The van der Waals surface area contributed by atoms with Crippen LogP contribution in [0.15, 0.2) is 18.2 Å². The fraction of sp³-hybridized carbons (Fsp3) is 0.538. The van der Waals surface area contributed by atoms with Gasteiger partial charge in [0.1, 0.15) is 0 Å². The summed E-state index contributed by atoms with van der Waals surface area (Å²) in [7, 11) is 0. The molecule has 1 aliphatic heterocycles. The monoisotopic (exact) mass is 187 g/mol. The standard InChI is InChI=1S/C13H17N/c1-10-3-4-12-11(7-10)8-14-9-13(12)5-2-6-13/h3-4,7,14H,2,5-6,8-9H2,1H3. The van der Waals surface area contributed by atoms with Gasteiger partial charge in [-0.1, -0.05) is 30.2 Å².